The molecule has 11 nitrogen and oxygen atoms in total. The van der Waals surface area contributed by atoms with Crippen LogP contribution in [0.1, 0.15) is 46.1 Å². The van der Waals surface area contributed by atoms with Gasteiger partial charge < -0.3 is 34.2 Å². The van der Waals surface area contributed by atoms with E-state index in [1.807, 2.05) is 6.92 Å². The van der Waals surface area contributed by atoms with E-state index >= 15 is 0 Å². The number of carbonyl (C=O) groups excluding carboxylic acids is 4. The topological polar surface area (TPSA) is 150 Å². The molecule has 0 heterocycles. The molecule has 2 N–H and O–H groups in total. The molecule has 0 radical (unpaired) electrons. The molecule has 0 aliphatic carbocycles. The number of hydrogen-bond acceptors (Lipinski definition) is 11. The molecule has 2 atom stereocenters. The van der Waals surface area contributed by atoms with Crippen LogP contribution in [0, 0.1) is 0 Å². The maximum absolute atomic E-state index is 12.2. The summed E-state index contributed by atoms with van der Waals surface area (Å²) in [5.41, 5.74) is 6.42. The number of nitrogens with two attached hydrogens (primary N) is 1. The van der Waals surface area contributed by atoms with Crippen molar-refractivity contribution in [3.05, 3.63) is 23.8 Å². The first-order valence-electron chi connectivity index (χ1n) is 10.6. The highest BCUT2D eigenvalue weighted by Crippen LogP contribution is 2.30. The standard InChI is InChI=1S/C22H31NO10/c1-5-8-19(24)31-14(4)13-30-20(25)16(23)11-15-9-10-17(32-21(26)28-6-2)18(12-15)33-22(27)29-7-3/h9-10,12,14,16H,5-8,11,13,23H2,1-4H3/t14-,16-/m0/s1. The van der Waals surface area contributed by atoms with Crippen molar-refractivity contribution >= 4 is 24.2 Å². The van der Waals surface area contributed by atoms with Gasteiger partial charge in [-0.25, -0.2) is 9.59 Å². The van der Waals surface area contributed by atoms with E-state index in [1.54, 1.807) is 20.8 Å². The Balaban J connectivity index is 2.79. The maximum atomic E-state index is 12.2. The van der Waals surface area contributed by atoms with Crippen LogP contribution in [0.2, 0.25) is 0 Å². The van der Waals surface area contributed by atoms with Crippen molar-refractivity contribution in [1.82, 2.24) is 0 Å². The fraction of sp³-hybridized carbons (Fsp3) is 0.545. The smallest absolute Gasteiger partial charge is 0.461 e. The summed E-state index contributed by atoms with van der Waals surface area (Å²) in [6.45, 7) is 6.71. The number of rotatable bonds is 12. The molecule has 0 bridgehead atoms. The number of esters is 2. The lowest BCUT2D eigenvalue weighted by Crippen LogP contribution is -2.36. The first-order valence-corrected chi connectivity index (χ1v) is 10.6. The molecule has 0 aliphatic rings. The van der Waals surface area contributed by atoms with E-state index in [2.05, 4.69) is 0 Å². The van der Waals surface area contributed by atoms with Crippen LogP contribution in [-0.4, -0.2) is 56.2 Å². The average Bonchev–Trinajstić information content (AvgIpc) is 2.74. The zero-order chi connectivity index (χ0) is 24.8. The van der Waals surface area contributed by atoms with Crippen LogP contribution >= 0.6 is 0 Å². The van der Waals surface area contributed by atoms with E-state index < -0.39 is 30.4 Å². The molecule has 0 amide bonds. The van der Waals surface area contributed by atoms with Crippen LogP contribution in [0.15, 0.2) is 18.2 Å². The van der Waals surface area contributed by atoms with Crippen molar-refractivity contribution in [3.8, 4) is 11.5 Å². The van der Waals surface area contributed by atoms with Crippen molar-refractivity contribution in [2.45, 2.75) is 59.1 Å². The zero-order valence-corrected chi connectivity index (χ0v) is 19.3. The molecular formula is C22H31NO10. The second-order valence-corrected chi connectivity index (χ2v) is 6.84. The second kappa shape index (κ2) is 14.7. The second-order valence-electron chi connectivity index (χ2n) is 6.84. The van der Waals surface area contributed by atoms with Crippen molar-refractivity contribution in [2.75, 3.05) is 19.8 Å². The van der Waals surface area contributed by atoms with Crippen LogP contribution in [0.25, 0.3) is 0 Å². The Kier molecular flexibility index (Phi) is 12.3. The summed E-state index contributed by atoms with van der Waals surface area (Å²) >= 11 is 0. The normalized spacial score (nSPS) is 12.2. The predicted octanol–water partition coefficient (Wildman–Crippen LogP) is 2.90. The van der Waals surface area contributed by atoms with Crippen LogP contribution in [0.4, 0.5) is 9.59 Å². The Hall–Kier alpha value is -3.34. The molecule has 0 spiro atoms. The molecule has 1 rings (SSSR count). The predicted molar refractivity (Wildman–Crippen MR) is 115 cm³/mol. The molecule has 0 saturated carbocycles. The van der Waals surface area contributed by atoms with Gasteiger partial charge in [0.25, 0.3) is 0 Å². The van der Waals surface area contributed by atoms with Gasteiger partial charge in [-0.2, -0.15) is 0 Å². The number of ether oxygens (including phenoxy) is 6. The van der Waals surface area contributed by atoms with Gasteiger partial charge in [-0.15, -0.1) is 0 Å². The van der Waals surface area contributed by atoms with Crippen molar-refractivity contribution < 1.29 is 47.6 Å². The first-order chi connectivity index (χ1) is 15.7. The number of hydrogen-bond donors (Lipinski definition) is 1. The maximum Gasteiger partial charge on any atom is 0.513 e. The molecule has 0 unspecified atom stereocenters. The summed E-state index contributed by atoms with van der Waals surface area (Å²) in [6.07, 6.45) is -1.62. The molecular weight excluding hydrogens is 438 g/mol. The quantitative estimate of drug-likeness (QED) is 0.273. The summed E-state index contributed by atoms with van der Waals surface area (Å²) in [6, 6.07) is 3.24. The summed E-state index contributed by atoms with van der Waals surface area (Å²) in [5.74, 6) is -1.27. The van der Waals surface area contributed by atoms with E-state index in [4.69, 9.17) is 34.2 Å². The van der Waals surface area contributed by atoms with Crippen molar-refractivity contribution in [1.29, 1.82) is 0 Å². The highest BCUT2D eigenvalue weighted by atomic mass is 16.7. The van der Waals surface area contributed by atoms with Gasteiger partial charge in [0.1, 0.15) is 18.8 Å². The summed E-state index contributed by atoms with van der Waals surface area (Å²) in [7, 11) is 0. The first kappa shape index (κ1) is 27.7. The monoisotopic (exact) mass is 469 g/mol. The lowest BCUT2D eigenvalue weighted by atomic mass is 10.1. The van der Waals surface area contributed by atoms with Gasteiger partial charge in [0.05, 0.1) is 13.2 Å². The molecule has 33 heavy (non-hydrogen) atoms. The van der Waals surface area contributed by atoms with Crippen LogP contribution < -0.4 is 15.2 Å². The molecule has 1 aromatic rings. The SMILES string of the molecule is CCCC(=O)O[C@@H](C)COC(=O)[C@@H](N)Cc1ccc(OC(=O)OCC)c(OC(=O)OCC)c1. The van der Waals surface area contributed by atoms with E-state index in [0.29, 0.717) is 12.0 Å². The van der Waals surface area contributed by atoms with Gasteiger partial charge in [0.2, 0.25) is 0 Å². The fourth-order valence-corrected chi connectivity index (χ4v) is 2.48. The van der Waals surface area contributed by atoms with Crippen LogP contribution in [0.3, 0.4) is 0 Å². The minimum Gasteiger partial charge on any atom is -0.461 e. The van der Waals surface area contributed by atoms with Crippen LogP contribution in [0.5, 0.6) is 11.5 Å². The Labute approximate surface area is 192 Å². The van der Waals surface area contributed by atoms with Gasteiger partial charge in [0, 0.05) is 6.42 Å². The van der Waals surface area contributed by atoms with E-state index in [-0.39, 0.29) is 50.1 Å². The third-order valence-corrected chi connectivity index (χ3v) is 3.92. The van der Waals surface area contributed by atoms with Gasteiger partial charge in [-0.05, 0) is 51.3 Å². The van der Waals surface area contributed by atoms with E-state index in [0.717, 1.165) is 0 Å². The average molecular weight is 469 g/mol. The van der Waals surface area contributed by atoms with Crippen molar-refractivity contribution in [3.63, 3.8) is 0 Å². The van der Waals surface area contributed by atoms with Crippen molar-refractivity contribution in [2.24, 2.45) is 5.73 Å². The Morgan fingerprint density at radius 2 is 1.52 bits per heavy atom. The van der Waals surface area contributed by atoms with E-state index in [9.17, 15) is 19.2 Å². The largest absolute Gasteiger partial charge is 0.513 e. The molecule has 1 aromatic carbocycles. The lowest BCUT2D eigenvalue weighted by Gasteiger charge is -2.16. The van der Waals surface area contributed by atoms with Gasteiger partial charge >= 0.3 is 24.2 Å². The third-order valence-electron chi connectivity index (χ3n) is 3.92. The van der Waals surface area contributed by atoms with Gasteiger partial charge in [0.15, 0.2) is 11.5 Å². The fourth-order valence-electron chi connectivity index (χ4n) is 2.48. The number of carbonyl (C=O) groups is 4. The zero-order valence-electron chi connectivity index (χ0n) is 19.3. The summed E-state index contributed by atoms with van der Waals surface area (Å²) in [5, 5.41) is 0. The third kappa shape index (κ3) is 10.7. The summed E-state index contributed by atoms with van der Waals surface area (Å²) in [4.78, 5) is 47.1. The van der Waals surface area contributed by atoms with Gasteiger partial charge in [-0.1, -0.05) is 13.0 Å². The van der Waals surface area contributed by atoms with Crippen LogP contribution in [-0.2, 0) is 35.0 Å². The molecule has 0 aliphatic heterocycles. The molecule has 0 aromatic heterocycles. The molecule has 0 fully saturated rings. The Morgan fingerprint density at radius 3 is 2.09 bits per heavy atom. The van der Waals surface area contributed by atoms with Gasteiger partial charge in [-0.3, -0.25) is 9.59 Å². The summed E-state index contributed by atoms with van der Waals surface area (Å²) < 4.78 is 29.8. The highest BCUT2D eigenvalue weighted by molar-refractivity contribution is 5.76. The lowest BCUT2D eigenvalue weighted by molar-refractivity contribution is -0.158. The highest BCUT2D eigenvalue weighted by Gasteiger charge is 2.21. The Bertz CT molecular complexity index is 810. The molecule has 11 heteroatoms. The minimum absolute atomic E-state index is 0.0295. The molecule has 0 saturated heterocycles. The number of benzene rings is 1. The molecule has 184 valence electrons. The Morgan fingerprint density at radius 1 is 0.909 bits per heavy atom. The van der Waals surface area contributed by atoms with E-state index in [1.165, 1.54) is 18.2 Å². The minimum atomic E-state index is -1.05.